The zero-order chi connectivity index (χ0) is 16.7. The zero-order valence-corrected chi connectivity index (χ0v) is 13.8. The second-order valence-electron chi connectivity index (χ2n) is 5.34. The van der Waals surface area contributed by atoms with E-state index in [4.69, 9.17) is 9.47 Å². The maximum absolute atomic E-state index is 12.9. The smallest absolute Gasteiger partial charge is 0.161 e. The Balaban J connectivity index is 1.91. The maximum atomic E-state index is 12.9. The highest BCUT2D eigenvalue weighted by Crippen LogP contribution is 2.27. The average Bonchev–Trinajstić information content (AvgIpc) is 2.56. The quantitative estimate of drug-likeness (QED) is 0.771. The third kappa shape index (κ3) is 5.11. The number of likely N-dealkylation sites (N-methyl/N-ethyl adjacent to an activating group) is 1. The van der Waals surface area contributed by atoms with Gasteiger partial charge >= 0.3 is 0 Å². The van der Waals surface area contributed by atoms with Gasteiger partial charge in [0.05, 0.1) is 14.2 Å². The number of methoxy groups -OCH3 is 2. The normalized spacial score (nSPS) is 11.2. The number of benzene rings is 2. The van der Waals surface area contributed by atoms with Crippen LogP contribution in [0, 0.1) is 5.82 Å². The first kappa shape index (κ1) is 17.0. The van der Waals surface area contributed by atoms with Gasteiger partial charge < -0.3 is 9.47 Å². The van der Waals surface area contributed by atoms with Crippen LogP contribution in [0.25, 0.3) is 6.08 Å². The second kappa shape index (κ2) is 8.34. The van der Waals surface area contributed by atoms with E-state index in [0.29, 0.717) is 5.75 Å². The largest absolute Gasteiger partial charge is 0.493 e. The van der Waals surface area contributed by atoms with Crippen LogP contribution in [-0.2, 0) is 6.54 Å². The molecule has 0 amide bonds. The van der Waals surface area contributed by atoms with Gasteiger partial charge in [0, 0.05) is 13.1 Å². The fraction of sp³-hybridized carbons (Fsp3) is 0.263. The molecule has 0 aliphatic carbocycles. The molecule has 0 bridgehead atoms. The maximum Gasteiger partial charge on any atom is 0.161 e. The van der Waals surface area contributed by atoms with Crippen LogP contribution in [0.5, 0.6) is 11.5 Å². The standard InChI is InChI=1S/C19H22FNO2/c1-21(14-16-6-9-17(20)10-7-16)12-4-5-15-8-11-18(22-2)19(13-15)23-3/h4-11,13H,12,14H2,1-3H3. The molecule has 3 nitrogen and oxygen atoms in total. The van der Waals surface area contributed by atoms with Gasteiger partial charge in [-0.25, -0.2) is 4.39 Å². The van der Waals surface area contributed by atoms with Gasteiger partial charge in [0.25, 0.3) is 0 Å². The molecule has 2 rings (SSSR count). The van der Waals surface area contributed by atoms with E-state index < -0.39 is 0 Å². The fourth-order valence-corrected chi connectivity index (χ4v) is 2.29. The van der Waals surface area contributed by atoms with Crippen LogP contribution in [0.1, 0.15) is 11.1 Å². The lowest BCUT2D eigenvalue weighted by molar-refractivity contribution is 0.355. The molecule has 0 saturated carbocycles. The van der Waals surface area contributed by atoms with Crippen molar-refractivity contribution >= 4 is 6.08 Å². The third-order valence-corrected chi connectivity index (χ3v) is 3.50. The van der Waals surface area contributed by atoms with Crippen LogP contribution in [0.15, 0.2) is 48.5 Å². The van der Waals surface area contributed by atoms with Crippen LogP contribution in [0.4, 0.5) is 4.39 Å². The zero-order valence-electron chi connectivity index (χ0n) is 13.8. The van der Waals surface area contributed by atoms with E-state index in [-0.39, 0.29) is 5.82 Å². The summed E-state index contributed by atoms with van der Waals surface area (Å²) in [6.07, 6.45) is 4.13. The minimum absolute atomic E-state index is 0.204. The molecule has 0 N–H and O–H groups in total. The van der Waals surface area contributed by atoms with Crippen molar-refractivity contribution in [2.24, 2.45) is 0 Å². The first-order valence-corrected chi connectivity index (χ1v) is 7.44. The van der Waals surface area contributed by atoms with Gasteiger partial charge in [0.2, 0.25) is 0 Å². The number of halogens is 1. The number of ether oxygens (including phenoxy) is 2. The Labute approximate surface area is 137 Å². The number of hydrogen-bond donors (Lipinski definition) is 0. The van der Waals surface area contributed by atoms with Gasteiger partial charge in [-0.15, -0.1) is 0 Å². The molecule has 0 spiro atoms. The number of rotatable bonds is 7. The Morgan fingerprint density at radius 2 is 1.70 bits per heavy atom. The molecule has 0 fully saturated rings. The highest BCUT2D eigenvalue weighted by Gasteiger charge is 2.03. The van der Waals surface area contributed by atoms with Crippen molar-refractivity contribution in [1.29, 1.82) is 0 Å². The van der Waals surface area contributed by atoms with Gasteiger partial charge in [-0.05, 0) is 42.4 Å². The predicted octanol–water partition coefficient (Wildman–Crippen LogP) is 3.99. The summed E-state index contributed by atoms with van der Waals surface area (Å²) < 4.78 is 23.4. The second-order valence-corrected chi connectivity index (χ2v) is 5.34. The lowest BCUT2D eigenvalue weighted by Gasteiger charge is -2.14. The van der Waals surface area contributed by atoms with E-state index in [2.05, 4.69) is 11.0 Å². The van der Waals surface area contributed by atoms with Gasteiger partial charge in [-0.3, -0.25) is 4.90 Å². The summed E-state index contributed by atoms with van der Waals surface area (Å²) in [7, 11) is 5.28. The topological polar surface area (TPSA) is 21.7 Å². The van der Waals surface area contributed by atoms with Gasteiger partial charge in [-0.2, -0.15) is 0 Å². The summed E-state index contributed by atoms with van der Waals surface area (Å²) in [5.41, 5.74) is 2.14. The van der Waals surface area contributed by atoms with Crippen molar-refractivity contribution in [2.45, 2.75) is 6.54 Å². The molecule has 2 aromatic rings. The Kier molecular flexibility index (Phi) is 6.18. The lowest BCUT2D eigenvalue weighted by atomic mass is 10.2. The Morgan fingerprint density at radius 1 is 1.00 bits per heavy atom. The fourth-order valence-electron chi connectivity index (χ4n) is 2.29. The molecule has 0 aromatic heterocycles. The summed E-state index contributed by atoms with van der Waals surface area (Å²) in [6, 6.07) is 12.4. The molecule has 0 heterocycles. The lowest BCUT2D eigenvalue weighted by Crippen LogP contribution is -2.17. The van der Waals surface area contributed by atoms with E-state index >= 15 is 0 Å². The van der Waals surface area contributed by atoms with Crippen LogP contribution < -0.4 is 9.47 Å². The van der Waals surface area contributed by atoms with Crippen LogP contribution in [-0.4, -0.2) is 32.7 Å². The van der Waals surface area contributed by atoms with Gasteiger partial charge in [0.1, 0.15) is 5.82 Å². The van der Waals surface area contributed by atoms with Crippen molar-refractivity contribution < 1.29 is 13.9 Å². The van der Waals surface area contributed by atoms with E-state index in [1.54, 1.807) is 14.2 Å². The van der Waals surface area contributed by atoms with Crippen molar-refractivity contribution in [3.05, 3.63) is 65.5 Å². The molecular formula is C19H22FNO2. The number of hydrogen-bond acceptors (Lipinski definition) is 3. The van der Waals surface area contributed by atoms with E-state index in [9.17, 15) is 4.39 Å². The SMILES string of the molecule is COc1ccc(C=CCN(C)Cc2ccc(F)cc2)cc1OC. The summed E-state index contributed by atoms with van der Waals surface area (Å²) in [6.45, 7) is 1.57. The van der Waals surface area contributed by atoms with Crippen LogP contribution >= 0.6 is 0 Å². The molecule has 0 aliphatic rings. The minimum Gasteiger partial charge on any atom is -0.493 e. The molecule has 4 heteroatoms. The molecule has 2 aromatic carbocycles. The Hall–Kier alpha value is -2.33. The average molecular weight is 315 g/mol. The summed E-state index contributed by atoms with van der Waals surface area (Å²) >= 11 is 0. The van der Waals surface area contributed by atoms with E-state index in [1.807, 2.05) is 43.5 Å². The molecule has 0 radical (unpaired) electrons. The molecule has 23 heavy (non-hydrogen) atoms. The Bertz CT molecular complexity index is 653. The summed E-state index contributed by atoms with van der Waals surface area (Å²) in [5.74, 6) is 1.23. The third-order valence-electron chi connectivity index (χ3n) is 3.50. The van der Waals surface area contributed by atoms with Crippen LogP contribution in [0.3, 0.4) is 0 Å². The Morgan fingerprint density at radius 3 is 2.35 bits per heavy atom. The first-order chi connectivity index (χ1) is 11.1. The van der Waals surface area contributed by atoms with Crippen molar-refractivity contribution in [3.63, 3.8) is 0 Å². The molecule has 0 atom stereocenters. The van der Waals surface area contributed by atoms with Gasteiger partial charge in [0.15, 0.2) is 11.5 Å². The highest BCUT2D eigenvalue weighted by molar-refractivity contribution is 5.56. The van der Waals surface area contributed by atoms with E-state index in [1.165, 1.54) is 12.1 Å². The molecule has 0 aliphatic heterocycles. The monoisotopic (exact) mass is 315 g/mol. The van der Waals surface area contributed by atoms with Crippen molar-refractivity contribution in [2.75, 3.05) is 27.8 Å². The van der Waals surface area contributed by atoms with Gasteiger partial charge in [-0.1, -0.05) is 30.4 Å². The first-order valence-electron chi connectivity index (χ1n) is 7.44. The van der Waals surface area contributed by atoms with Crippen molar-refractivity contribution in [1.82, 2.24) is 4.90 Å². The molecule has 0 saturated heterocycles. The van der Waals surface area contributed by atoms with E-state index in [0.717, 1.165) is 30.0 Å². The molecule has 0 unspecified atom stereocenters. The molecular weight excluding hydrogens is 293 g/mol. The van der Waals surface area contributed by atoms with Crippen molar-refractivity contribution in [3.8, 4) is 11.5 Å². The number of nitrogens with zero attached hydrogens (tertiary/aromatic N) is 1. The summed E-state index contributed by atoms with van der Waals surface area (Å²) in [4.78, 5) is 2.16. The minimum atomic E-state index is -0.204. The predicted molar refractivity (Wildman–Crippen MR) is 91.3 cm³/mol. The van der Waals surface area contributed by atoms with Crippen LogP contribution in [0.2, 0.25) is 0 Å². The highest BCUT2D eigenvalue weighted by atomic mass is 19.1. The molecule has 122 valence electrons. The summed E-state index contributed by atoms with van der Waals surface area (Å²) in [5, 5.41) is 0.